The molecule has 9 nitrogen and oxygen atoms in total. The zero-order chi connectivity index (χ0) is 39.3. The van der Waals surface area contributed by atoms with Crippen LogP contribution in [0.15, 0.2) is 91.5 Å². The zero-order valence-corrected chi connectivity index (χ0v) is 29.4. The first-order valence-electron chi connectivity index (χ1n) is 16.3. The monoisotopic (exact) mass is 746 g/mol. The molecule has 5 rings (SSSR count). The highest BCUT2D eigenvalue weighted by Gasteiger charge is 2.40. The number of nitrogens with two attached hydrogens (primary N) is 2. The fourth-order valence-corrected chi connectivity index (χ4v) is 5.95. The van der Waals surface area contributed by atoms with Crippen molar-refractivity contribution >= 4 is 23.4 Å². The van der Waals surface area contributed by atoms with Crippen LogP contribution in [0.2, 0.25) is 0 Å². The largest absolute Gasteiger partial charge is 0.497 e. The normalized spacial score (nSPS) is 11.2. The molecule has 1 aromatic heterocycles. The molecule has 0 aliphatic rings. The average Bonchev–Trinajstić information content (AvgIpc) is 3.14. The third-order valence-electron chi connectivity index (χ3n) is 8.54. The van der Waals surface area contributed by atoms with Crippen LogP contribution in [0.3, 0.4) is 0 Å². The van der Waals surface area contributed by atoms with E-state index in [4.69, 9.17) is 25.7 Å². The van der Waals surface area contributed by atoms with Gasteiger partial charge in [-0.25, -0.2) is 18.6 Å². The van der Waals surface area contributed by atoms with E-state index in [9.17, 15) is 9.59 Å². The average molecular weight is 747 g/mol. The van der Waals surface area contributed by atoms with E-state index in [-0.39, 0.29) is 42.2 Å². The summed E-state index contributed by atoms with van der Waals surface area (Å²) in [6.45, 7) is 4.39. The molecule has 1 amide bonds. The van der Waals surface area contributed by atoms with Gasteiger partial charge in [0.05, 0.1) is 31.2 Å². The molecule has 54 heavy (non-hydrogen) atoms. The number of pyridine rings is 1. The second kappa shape index (κ2) is 16.1. The maximum atomic E-state index is 16.7. The van der Waals surface area contributed by atoms with Crippen LogP contribution in [0.1, 0.15) is 38.2 Å². The number of carbonyl (C=O) groups excluding carboxylic acids is 2. The Morgan fingerprint density at radius 3 is 1.93 bits per heavy atom. The van der Waals surface area contributed by atoms with Crippen LogP contribution in [-0.4, -0.2) is 31.1 Å². The highest BCUT2D eigenvalue weighted by molar-refractivity contribution is 6.03. The molecule has 0 bridgehead atoms. The molecule has 0 aliphatic carbocycles. The van der Waals surface area contributed by atoms with Crippen LogP contribution in [0, 0.1) is 18.6 Å². The second-order valence-electron chi connectivity index (χ2n) is 12.1. The van der Waals surface area contributed by atoms with Gasteiger partial charge in [0, 0.05) is 30.3 Å². The third kappa shape index (κ3) is 8.27. The first-order valence-corrected chi connectivity index (χ1v) is 16.3. The van der Waals surface area contributed by atoms with Crippen molar-refractivity contribution in [2.24, 2.45) is 5.73 Å². The summed E-state index contributed by atoms with van der Waals surface area (Å²) in [6, 6.07) is 20.6. The number of methoxy groups -OCH3 is 2. The number of carbonyl (C=O) groups is 2. The van der Waals surface area contributed by atoms with E-state index in [0.717, 1.165) is 17.2 Å². The summed E-state index contributed by atoms with van der Waals surface area (Å²) >= 11 is 0. The molecule has 0 saturated heterocycles. The lowest BCUT2D eigenvalue weighted by molar-refractivity contribution is -0.139. The number of aryl methyl sites for hydroxylation is 1. The van der Waals surface area contributed by atoms with Gasteiger partial charge in [0.2, 0.25) is 0 Å². The maximum absolute atomic E-state index is 16.7. The Hall–Kier alpha value is -6.44. The number of halogens is 5. The molecular weight excluding hydrogens is 711 g/mol. The predicted molar refractivity (Wildman–Crippen MR) is 194 cm³/mol. The minimum absolute atomic E-state index is 0.0180. The minimum Gasteiger partial charge on any atom is -0.497 e. The number of nitrogen functional groups attached to an aromatic ring is 1. The number of rotatable bonds is 13. The van der Waals surface area contributed by atoms with Crippen molar-refractivity contribution in [2.45, 2.75) is 32.8 Å². The molecule has 5 aromatic rings. The minimum atomic E-state index is -5.13. The number of amides is 1. The Morgan fingerprint density at radius 1 is 0.852 bits per heavy atom. The number of nitrogens with zero attached hydrogens (tertiary/aromatic N) is 2. The van der Waals surface area contributed by atoms with Crippen molar-refractivity contribution in [1.29, 1.82) is 0 Å². The van der Waals surface area contributed by atoms with Gasteiger partial charge in [-0.1, -0.05) is 49.0 Å². The van der Waals surface area contributed by atoms with Crippen molar-refractivity contribution < 1.29 is 45.8 Å². The standard InChI is InChI=1S/C40H35F5N4O5/c1-5-30(50)54-21-25-7-6-8-26(18-25)31-32(36(42)37(46)33(35(31)41)39(47)51)38-34(40(43,44)45)22(2)17-29(48-38)49(19-23-9-13-27(52-3)14-10-23)20-24-11-15-28(53-4)16-12-24/h5-18H,1,19-21,46H2,2-4H3,(H2,47,51). The Bertz CT molecular complexity index is 2160. The lowest BCUT2D eigenvalue weighted by Crippen LogP contribution is -2.25. The topological polar surface area (TPSA) is 130 Å². The molecule has 280 valence electrons. The molecular formula is C40H35F5N4O5. The fourth-order valence-electron chi connectivity index (χ4n) is 5.95. The van der Waals surface area contributed by atoms with Gasteiger partial charge in [-0.2, -0.15) is 13.2 Å². The van der Waals surface area contributed by atoms with E-state index < -0.39 is 63.3 Å². The molecule has 0 radical (unpaired) electrons. The van der Waals surface area contributed by atoms with E-state index in [1.807, 2.05) is 0 Å². The third-order valence-corrected chi connectivity index (χ3v) is 8.54. The lowest BCUT2D eigenvalue weighted by Gasteiger charge is -2.28. The van der Waals surface area contributed by atoms with Gasteiger partial charge in [0.1, 0.15) is 35.3 Å². The van der Waals surface area contributed by atoms with Crippen LogP contribution in [0.5, 0.6) is 11.5 Å². The SMILES string of the molecule is C=CC(=O)OCc1cccc(-c2c(F)c(C(N)=O)c(N)c(F)c2-c2nc(N(Cc3ccc(OC)cc3)Cc3ccc(OC)cc3)cc(C)c2C(F)(F)F)c1. The van der Waals surface area contributed by atoms with Crippen molar-refractivity contribution in [2.75, 3.05) is 24.9 Å². The molecule has 0 fully saturated rings. The van der Waals surface area contributed by atoms with Crippen molar-refractivity contribution in [3.8, 4) is 33.9 Å². The molecule has 14 heteroatoms. The van der Waals surface area contributed by atoms with Crippen LogP contribution < -0.4 is 25.8 Å². The van der Waals surface area contributed by atoms with E-state index >= 15 is 22.0 Å². The molecule has 0 aliphatic heterocycles. The molecule has 0 atom stereocenters. The van der Waals surface area contributed by atoms with Crippen molar-refractivity contribution in [3.63, 3.8) is 0 Å². The molecule has 4 aromatic carbocycles. The van der Waals surface area contributed by atoms with Gasteiger partial charge < -0.3 is 30.6 Å². The van der Waals surface area contributed by atoms with Crippen molar-refractivity contribution in [1.82, 2.24) is 4.98 Å². The highest BCUT2D eigenvalue weighted by atomic mass is 19.4. The number of ether oxygens (including phenoxy) is 3. The predicted octanol–water partition coefficient (Wildman–Crippen LogP) is 8.16. The first kappa shape index (κ1) is 38.8. The summed E-state index contributed by atoms with van der Waals surface area (Å²) in [5.41, 5.74) is 6.29. The van der Waals surface area contributed by atoms with Gasteiger partial charge in [-0.05, 0) is 71.1 Å². The Kier molecular flexibility index (Phi) is 11.5. The number of alkyl halides is 3. The molecule has 1 heterocycles. The Labute approximate surface area is 307 Å². The number of anilines is 2. The lowest BCUT2D eigenvalue weighted by atomic mass is 9.89. The van der Waals surface area contributed by atoms with Crippen LogP contribution in [-0.2, 0) is 35.4 Å². The molecule has 0 spiro atoms. The summed E-state index contributed by atoms with van der Waals surface area (Å²) in [5, 5.41) is 0. The van der Waals surface area contributed by atoms with E-state index in [0.29, 0.717) is 11.5 Å². The van der Waals surface area contributed by atoms with E-state index in [2.05, 4.69) is 11.6 Å². The molecule has 0 unspecified atom stereocenters. The summed E-state index contributed by atoms with van der Waals surface area (Å²) < 4.78 is 94.0. The number of primary amides is 1. The second-order valence-corrected chi connectivity index (χ2v) is 12.1. The smallest absolute Gasteiger partial charge is 0.418 e. The molecule has 0 saturated carbocycles. The van der Waals surface area contributed by atoms with Gasteiger partial charge in [-0.15, -0.1) is 0 Å². The van der Waals surface area contributed by atoms with Gasteiger partial charge in [0.25, 0.3) is 5.91 Å². The Balaban J connectivity index is 1.80. The van der Waals surface area contributed by atoms with Gasteiger partial charge in [-0.3, -0.25) is 4.79 Å². The number of hydrogen-bond acceptors (Lipinski definition) is 8. The quantitative estimate of drug-likeness (QED) is 0.0535. The van der Waals surface area contributed by atoms with E-state index in [1.54, 1.807) is 53.4 Å². The number of aromatic nitrogens is 1. The Morgan fingerprint density at radius 2 is 1.43 bits per heavy atom. The summed E-state index contributed by atoms with van der Waals surface area (Å²) in [6.07, 6.45) is -4.21. The maximum Gasteiger partial charge on any atom is 0.418 e. The number of esters is 1. The van der Waals surface area contributed by atoms with E-state index in [1.165, 1.54) is 51.5 Å². The fraction of sp³-hybridized carbons (Fsp3) is 0.175. The van der Waals surface area contributed by atoms with Crippen LogP contribution >= 0.6 is 0 Å². The van der Waals surface area contributed by atoms with Gasteiger partial charge >= 0.3 is 12.1 Å². The highest BCUT2D eigenvalue weighted by Crippen LogP contribution is 2.47. The van der Waals surface area contributed by atoms with Crippen molar-refractivity contribution in [3.05, 3.63) is 137 Å². The summed E-state index contributed by atoms with van der Waals surface area (Å²) in [5.74, 6) is -4.10. The van der Waals surface area contributed by atoms with Gasteiger partial charge in [0.15, 0.2) is 5.82 Å². The molecule has 4 N–H and O–H groups in total. The first-order chi connectivity index (χ1) is 25.7. The summed E-state index contributed by atoms with van der Waals surface area (Å²) in [4.78, 5) is 30.2. The van der Waals surface area contributed by atoms with Crippen LogP contribution in [0.4, 0.5) is 33.5 Å². The number of benzene rings is 4. The zero-order valence-electron chi connectivity index (χ0n) is 29.4. The summed E-state index contributed by atoms with van der Waals surface area (Å²) in [7, 11) is 3.02. The number of hydrogen-bond donors (Lipinski definition) is 2. The van der Waals surface area contributed by atoms with Crippen LogP contribution in [0.25, 0.3) is 22.4 Å².